The van der Waals surface area contributed by atoms with E-state index in [1.165, 1.54) is 42.5 Å². The number of benzene rings is 2. The molecule has 3 atom stereocenters. The summed E-state index contributed by atoms with van der Waals surface area (Å²) in [6.45, 7) is 5.80. The minimum Gasteiger partial charge on any atom is -0.382 e. The van der Waals surface area contributed by atoms with E-state index >= 15 is 0 Å². The Kier molecular flexibility index (Phi) is 6.89. The lowest BCUT2D eigenvalue weighted by molar-refractivity contribution is 0.0617. The second kappa shape index (κ2) is 9.35. The molecule has 1 heterocycles. The van der Waals surface area contributed by atoms with Gasteiger partial charge in [0.25, 0.3) is 0 Å². The maximum absolute atomic E-state index is 6.28. The van der Waals surface area contributed by atoms with Crippen molar-refractivity contribution in [3.8, 4) is 0 Å². The zero-order chi connectivity index (χ0) is 17.5. The van der Waals surface area contributed by atoms with Crippen LogP contribution in [0.3, 0.4) is 0 Å². The van der Waals surface area contributed by atoms with E-state index < -0.39 is 8.80 Å². The molecule has 1 saturated heterocycles. The Morgan fingerprint density at radius 1 is 0.840 bits per heavy atom. The molecular weight excluding hydrogens is 320 g/mol. The van der Waals surface area contributed by atoms with Gasteiger partial charge in [-0.2, -0.15) is 0 Å². The van der Waals surface area contributed by atoms with Crippen molar-refractivity contribution in [3.63, 3.8) is 0 Å². The first-order valence-corrected chi connectivity index (χ1v) is 12.3. The van der Waals surface area contributed by atoms with E-state index in [0.717, 1.165) is 6.61 Å². The molecule has 0 aliphatic carbocycles. The Balaban J connectivity index is 1.70. The summed E-state index contributed by atoms with van der Waals surface area (Å²) in [4.78, 5) is 0. The number of hydrogen-bond acceptors (Lipinski definition) is 1. The summed E-state index contributed by atoms with van der Waals surface area (Å²) in [6, 6.07) is 24.8. The molecule has 1 nitrogen and oxygen atoms in total. The molecule has 0 radical (unpaired) electrons. The smallest absolute Gasteiger partial charge is 0.0728 e. The molecule has 25 heavy (non-hydrogen) atoms. The van der Waals surface area contributed by atoms with Gasteiger partial charge in [0, 0.05) is 12.3 Å². The van der Waals surface area contributed by atoms with Crippen LogP contribution in [0, 0.1) is 0 Å². The highest BCUT2D eigenvalue weighted by molar-refractivity contribution is 6.60. The van der Waals surface area contributed by atoms with Gasteiger partial charge in [0.05, 0.1) is 8.80 Å². The maximum Gasteiger partial charge on any atom is 0.0728 e. The van der Waals surface area contributed by atoms with E-state index in [4.69, 9.17) is 4.74 Å². The van der Waals surface area contributed by atoms with Gasteiger partial charge < -0.3 is 4.74 Å². The average molecular weight is 353 g/mol. The van der Waals surface area contributed by atoms with Crippen molar-refractivity contribution in [2.24, 2.45) is 0 Å². The van der Waals surface area contributed by atoms with Crippen LogP contribution in [-0.2, 0) is 4.74 Å². The predicted molar refractivity (Wildman–Crippen MR) is 110 cm³/mol. The summed E-state index contributed by atoms with van der Waals surface area (Å²) >= 11 is 0. The summed E-state index contributed by atoms with van der Waals surface area (Å²) in [6.07, 6.45) is 3.90. The maximum atomic E-state index is 6.28. The fraction of sp³-hybridized carbons (Fsp3) is 0.478. The van der Waals surface area contributed by atoms with E-state index in [-0.39, 0.29) is 0 Å². The van der Waals surface area contributed by atoms with Crippen LogP contribution < -0.4 is 0 Å². The molecule has 0 aromatic heterocycles. The first-order chi connectivity index (χ1) is 12.2. The van der Waals surface area contributed by atoms with Crippen LogP contribution in [0.4, 0.5) is 0 Å². The molecule has 2 aromatic rings. The van der Waals surface area contributed by atoms with Crippen molar-refractivity contribution in [2.45, 2.75) is 62.8 Å². The molecule has 3 unspecified atom stereocenters. The Morgan fingerprint density at radius 2 is 1.36 bits per heavy atom. The lowest BCUT2D eigenvalue weighted by atomic mass is 10.0. The van der Waals surface area contributed by atoms with Crippen molar-refractivity contribution in [1.82, 2.24) is 0 Å². The van der Waals surface area contributed by atoms with Crippen LogP contribution in [0.5, 0.6) is 0 Å². The number of ether oxygens (including phenoxy) is 1. The van der Waals surface area contributed by atoms with Crippen LogP contribution >= 0.6 is 0 Å². The molecule has 1 fully saturated rings. The first-order valence-electron chi connectivity index (χ1n) is 9.95. The van der Waals surface area contributed by atoms with Gasteiger partial charge in [0.1, 0.15) is 0 Å². The molecule has 3 rings (SSSR count). The molecule has 1 aliphatic rings. The van der Waals surface area contributed by atoms with Gasteiger partial charge in [-0.1, -0.05) is 86.6 Å². The van der Waals surface area contributed by atoms with Gasteiger partial charge >= 0.3 is 0 Å². The van der Waals surface area contributed by atoms with E-state index in [0.29, 0.717) is 17.6 Å². The minimum absolute atomic E-state index is 0.575. The zero-order valence-electron chi connectivity index (χ0n) is 15.7. The molecule has 0 amide bonds. The normalized spacial score (nSPS) is 21.4. The highest BCUT2D eigenvalue weighted by Gasteiger charge is 2.29. The second-order valence-corrected chi connectivity index (χ2v) is 11.0. The molecule has 0 saturated carbocycles. The van der Waals surface area contributed by atoms with Crippen molar-refractivity contribution >= 4 is 8.80 Å². The Morgan fingerprint density at radius 3 is 1.80 bits per heavy atom. The van der Waals surface area contributed by atoms with Crippen LogP contribution in [0.25, 0.3) is 0 Å². The van der Waals surface area contributed by atoms with E-state index in [2.05, 4.69) is 74.5 Å². The lowest BCUT2D eigenvalue weighted by Crippen LogP contribution is -2.37. The van der Waals surface area contributed by atoms with E-state index in [1.807, 2.05) is 0 Å². The van der Waals surface area contributed by atoms with E-state index in [1.54, 1.807) is 0 Å². The SMILES string of the molecule is CC(C[SiH](CC(C)c1ccccc1)C1CCCCO1)c1ccccc1. The third kappa shape index (κ3) is 5.29. The number of hydrogen-bond donors (Lipinski definition) is 0. The standard InChI is InChI=1S/C23H32OSi/c1-19(21-11-5-3-6-12-21)17-25(23-15-9-10-16-24-23)18-20(2)22-13-7-4-8-14-22/h3-8,11-14,19-20,23,25H,9-10,15-18H2,1-2H3. The summed E-state index contributed by atoms with van der Waals surface area (Å²) < 4.78 is 6.28. The second-order valence-electron chi connectivity index (χ2n) is 7.76. The lowest BCUT2D eigenvalue weighted by Gasteiger charge is -2.33. The van der Waals surface area contributed by atoms with Crippen molar-refractivity contribution in [3.05, 3.63) is 71.8 Å². The summed E-state index contributed by atoms with van der Waals surface area (Å²) in [5.74, 6) is 1.29. The number of rotatable bonds is 7. The van der Waals surface area contributed by atoms with Gasteiger partial charge in [-0.05, 0) is 42.2 Å². The van der Waals surface area contributed by atoms with Crippen molar-refractivity contribution in [1.29, 1.82) is 0 Å². The monoisotopic (exact) mass is 352 g/mol. The van der Waals surface area contributed by atoms with Gasteiger partial charge in [-0.15, -0.1) is 0 Å². The fourth-order valence-corrected chi connectivity index (χ4v) is 8.56. The fourth-order valence-electron chi connectivity index (χ4n) is 4.28. The first kappa shape index (κ1) is 18.4. The topological polar surface area (TPSA) is 9.23 Å². The van der Waals surface area contributed by atoms with Gasteiger partial charge in [0.2, 0.25) is 0 Å². The van der Waals surface area contributed by atoms with Crippen molar-refractivity contribution in [2.75, 3.05) is 6.61 Å². The molecule has 2 heteroatoms. The summed E-state index contributed by atoms with van der Waals surface area (Å²) in [5, 5.41) is 0. The quantitative estimate of drug-likeness (QED) is 0.561. The Labute approximate surface area is 155 Å². The van der Waals surface area contributed by atoms with Crippen molar-refractivity contribution < 1.29 is 4.74 Å². The predicted octanol–water partition coefficient (Wildman–Crippen LogP) is 5.93. The van der Waals surface area contributed by atoms with Crippen LogP contribution in [0.1, 0.15) is 56.1 Å². The highest BCUT2D eigenvalue weighted by atomic mass is 28.3. The zero-order valence-corrected chi connectivity index (χ0v) is 16.9. The Bertz CT molecular complexity index is 559. The van der Waals surface area contributed by atoms with Crippen LogP contribution in [-0.4, -0.2) is 21.1 Å². The molecule has 1 aliphatic heterocycles. The average Bonchev–Trinajstić information content (AvgIpc) is 2.69. The Hall–Kier alpha value is -1.38. The van der Waals surface area contributed by atoms with Crippen LogP contribution in [0.2, 0.25) is 12.1 Å². The third-order valence-electron chi connectivity index (χ3n) is 5.79. The van der Waals surface area contributed by atoms with Gasteiger partial charge in [-0.25, -0.2) is 0 Å². The van der Waals surface area contributed by atoms with E-state index in [9.17, 15) is 0 Å². The van der Waals surface area contributed by atoms with Gasteiger partial charge in [0.15, 0.2) is 0 Å². The molecular formula is C23H32OSi. The van der Waals surface area contributed by atoms with Gasteiger partial charge in [-0.3, -0.25) is 0 Å². The molecule has 0 spiro atoms. The van der Waals surface area contributed by atoms with Crippen LogP contribution in [0.15, 0.2) is 60.7 Å². The largest absolute Gasteiger partial charge is 0.382 e. The third-order valence-corrected chi connectivity index (χ3v) is 9.99. The molecule has 134 valence electrons. The molecule has 0 bridgehead atoms. The highest BCUT2D eigenvalue weighted by Crippen LogP contribution is 2.32. The summed E-state index contributed by atoms with van der Waals surface area (Å²) in [7, 11) is -0.993. The minimum atomic E-state index is -0.993. The summed E-state index contributed by atoms with van der Waals surface area (Å²) in [5.41, 5.74) is 3.55. The molecule has 0 N–H and O–H groups in total. The molecule has 2 aromatic carbocycles.